The molecule has 1 aliphatic heterocycles. The van der Waals surface area contributed by atoms with Gasteiger partial charge in [-0.3, -0.25) is 5.41 Å². The highest BCUT2D eigenvalue weighted by atomic mass is 35.5. The molecule has 2 aromatic rings. The van der Waals surface area contributed by atoms with E-state index in [0.29, 0.717) is 27.2 Å². The molecule has 0 aromatic heterocycles. The van der Waals surface area contributed by atoms with Crippen LogP contribution in [0.5, 0.6) is 5.75 Å². The second-order valence-electron chi connectivity index (χ2n) is 4.94. The lowest BCUT2D eigenvalue weighted by Gasteiger charge is -2.18. The number of hydrogen-bond donors (Lipinski definition) is 1. The maximum absolute atomic E-state index is 12.8. The molecule has 8 heteroatoms. The third-order valence-electron chi connectivity index (χ3n) is 3.43. The fraction of sp³-hybridized carbons (Fsp3) is 0.0625. The van der Waals surface area contributed by atoms with Gasteiger partial charge in [0.25, 0.3) is 0 Å². The van der Waals surface area contributed by atoms with E-state index in [1.54, 1.807) is 42.5 Å². The number of benzene rings is 2. The summed E-state index contributed by atoms with van der Waals surface area (Å²) in [5.41, 5.74) is 0.903. The van der Waals surface area contributed by atoms with Crippen LogP contribution in [0.3, 0.4) is 0 Å². The maximum atomic E-state index is 12.8. The summed E-state index contributed by atoms with van der Waals surface area (Å²) in [5, 5.41) is 8.96. The summed E-state index contributed by atoms with van der Waals surface area (Å²) in [6, 6.07) is 11.1. The minimum Gasteiger partial charge on any atom is -0.497 e. The van der Waals surface area contributed by atoms with Gasteiger partial charge in [0.15, 0.2) is 10.8 Å². The van der Waals surface area contributed by atoms with Crippen molar-refractivity contribution in [1.29, 1.82) is 5.41 Å². The number of carbonyl (C=O) groups excluding carboxylic acids is 1. The van der Waals surface area contributed by atoms with Gasteiger partial charge < -0.3 is 4.74 Å². The number of carbonyl (C=O) groups is 1. The average Bonchev–Trinajstić information content (AvgIpc) is 2.76. The van der Waals surface area contributed by atoms with Crippen molar-refractivity contribution in [3.05, 3.63) is 52.5 Å². The monoisotopic (exact) mass is 379 g/mol. The van der Waals surface area contributed by atoms with E-state index < -0.39 is 6.03 Å². The normalized spacial score (nSPS) is 14.5. The van der Waals surface area contributed by atoms with Gasteiger partial charge in [-0.15, -0.1) is 0 Å². The molecule has 1 heterocycles. The molecular formula is C16H11Cl2N3O2S. The molecule has 1 fully saturated rings. The average molecular weight is 380 g/mol. The van der Waals surface area contributed by atoms with Gasteiger partial charge in [0.05, 0.1) is 18.5 Å². The molecule has 2 amide bonds. The zero-order valence-electron chi connectivity index (χ0n) is 12.4. The van der Waals surface area contributed by atoms with Crippen LogP contribution in [0, 0.1) is 5.41 Å². The van der Waals surface area contributed by atoms with Gasteiger partial charge in [-0.1, -0.05) is 41.5 Å². The van der Waals surface area contributed by atoms with Crippen LogP contribution in [-0.4, -0.2) is 24.0 Å². The van der Waals surface area contributed by atoms with E-state index in [-0.39, 0.29) is 10.8 Å². The van der Waals surface area contributed by atoms with Crippen LogP contribution in [0.25, 0.3) is 0 Å². The molecule has 0 aliphatic carbocycles. The van der Waals surface area contributed by atoms with E-state index in [2.05, 4.69) is 0 Å². The zero-order chi connectivity index (χ0) is 17.4. The number of rotatable bonds is 3. The van der Waals surface area contributed by atoms with Gasteiger partial charge in [0.2, 0.25) is 0 Å². The number of nitrogens with zero attached hydrogens (tertiary/aromatic N) is 2. The predicted molar refractivity (Wildman–Crippen MR) is 100 cm³/mol. The Morgan fingerprint density at radius 2 is 1.71 bits per heavy atom. The number of urea groups is 1. The van der Waals surface area contributed by atoms with Crippen LogP contribution in [0.2, 0.25) is 10.0 Å². The van der Waals surface area contributed by atoms with Crippen LogP contribution < -0.4 is 14.5 Å². The lowest BCUT2D eigenvalue weighted by atomic mass is 10.3. The van der Waals surface area contributed by atoms with Crippen LogP contribution >= 0.6 is 35.4 Å². The highest BCUT2D eigenvalue weighted by Gasteiger charge is 2.40. The zero-order valence-corrected chi connectivity index (χ0v) is 14.7. The lowest BCUT2D eigenvalue weighted by molar-refractivity contribution is 0.257. The van der Waals surface area contributed by atoms with E-state index in [9.17, 15) is 4.79 Å². The van der Waals surface area contributed by atoms with Crippen LogP contribution in [0.15, 0.2) is 42.5 Å². The van der Waals surface area contributed by atoms with Crippen LogP contribution in [0.1, 0.15) is 0 Å². The van der Waals surface area contributed by atoms with Crippen molar-refractivity contribution in [3.8, 4) is 5.75 Å². The maximum Gasteiger partial charge on any atom is 0.340 e. The number of nitrogens with one attached hydrogen (secondary N) is 1. The summed E-state index contributed by atoms with van der Waals surface area (Å²) in [5.74, 6) is 0.475. The molecule has 1 N–H and O–H groups in total. The third kappa shape index (κ3) is 2.84. The third-order valence-corrected chi connectivity index (χ3v) is 4.24. The molecule has 1 saturated heterocycles. The quantitative estimate of drug-likeness (QED) is 0.782. The number of methoxy groups -OCH3 is 1. The molecule has 0 saturated carbocycles. The second-order valence-corrected chi connectivity index (χ2v) is 6.20. The van der Waals surface area contributed by atoms with Crippen molar-refractivity contribution in [2.45, 2.75) is 0 Å². The summed E-state index contributed by atoms with van der Waals surface area (Å²) < 4.78 is 5.16. The fourth-order valence-electron chi connectivity index (χ4n) is 2.37. The first-order chi connectivity index (χ1) is 11.4. The number of thiocarbonyl (C=S) groups is 1. The Bertz CT molecular complexity index is 852. The van der Waals surface area contributed by atoms with Crippen molar-refractivity contribution in [2.75, 3.05) is 16.9 Å². The lowest BCUT2D eigenvalue weighted by Crippen LogP contribution is -2.33. The van der Waals surface area contributed by atoms with Crippen molar-refractivity contribution in [2.24, 2.45) is 0 Å². The molecule has 5 nitrogen and oxygen atoms in total. The fourth-order valence-corrected chi connectivity index (χ4v) is 3.16. The first-order valence-corrected chi connectivity index (χ1v) is 7.96. The molecule has 0 radical (unpaired) electrons. The molecule has 0 spiro atoms. The van der Waals surface area contributed by atoms with Crippen molar-refractivity contribution in [1.82, 2.24) is 0 Å². The number of ether oxygens (including phenoxy) is 1. The van der Waals surface area contributed by atoms with Crippen LogP contribution in [0.4, 0.5) is 16.2 Å². The summed E-state index contributed by atoms with van der Waals surface area (Å²) in [4.78, 5) is 15.4. The number of anilines is 2. The second kappa shape index (κ2) is 6.39. The molecule has 3 rings (SSSR count). The van der Waals surface area contributed by atoms with Gasteiger partial charge in [-0.25, -0.2) is 14.6 Å². The number of hydrogen-bond acceptors (Lipinski definition) is 4. The van der Waals surface area contributed by atoms with E-state index in [0.717, 1.165) is 0 Å². The molecule has 1 aliphatic rings. The van der Waals surface area contributed by atoms with E-state index in [4.69, 9.17) is 45.6 Å². The number of amidine groups is 1. The molecule has 24 heavy (non-hydrogen) atoms. The van der Waals surface area contributed by atoms with E-state index >= 15 is 0 Å². The highest BCUT2D eigenvalue weighted by Crippen LogP contribution is 2.32. The molecule has 0 atom stereocenters. The first-order valence-electron chi connectivity index (χ1n) is 6.79. The van der Waals surface area contributed by atoms with E-state index in [1.165, 1.54) is 16.9 Å². The summed E-state index contributed by atoms with van der Waals surface area (Å²) in [7, 11) is 1.53. The Hall–Kier alpha value is -2.15. The first kappa shape index (κ1) is 16.7. The SMILES string of the molecule is COc1cccc(N2C(=N)C(=S)N(c3cc(Cl)cc(Cl)c3)C2=O)c1. The topological polar surface area (TPSA) is 56.6 Å². The standard InChI is InChI=1S/C16H11Cl2N3O2S/c1-23-13-4-2-3-11(8-13)20-14(19)15(24)21(16(20)22)12-6-9(17)5-10(18)7-12/h2-8,19H,1H3. The molecule has 0 unspecified atom stereocenters. The predicted octanol–water partition coefficient (Wildman–Crippen LogP) is 4.75. The largest absolute Gasteiger partial charge is 0.497 e. The van der Waals surface area contributed by atoms with Gasteiger partial charge >= 0.3 is 6.03 Å². The number of halogens is 2. The van der Waals surface area contributed by atoms with Gasteiger partial charge in [0, 0.05) is 16.1 Å². The van der Waals surface area contributed by atoms with Gasteiger partial charge in [0.1, 0.15) is 5.75 Å². The van der Waals surface area contributed by atoms with Gasteiger partial charge in [-0.05, 0) is 30.3 Å². The molecular weight excluding hydrogens is 369 g/mol. The Morgan fingerprint density at radius 1 is 1.04 bits per heavy atom. The van der Waals surface area contributed by atoms with Crippen LogP contribution in [-0.2, 0) is 0 Å². The molecule has 122 valence electrons. The summed E-state index contributed by atoms with van der Waals surface area (Å²) in [6.45, 7) is 0. The summed E-state index contributed by atoms with van der Waals surface area (Å²) in [6.07, 6.45) is 0. The van der Waals surface area contributed by atoms with Crippen molar-refractivity contribution < 1.29 is 9.53 Å². The van der Waals surface area contributed by atoms with Crippen molar-refractivity contribution >= 4 is 63.6 Å². The molecule has 2 aromatic carbocycles. The Labute approximate surface area is 153 Å². The Morgan fingerprint density at radius 3 is 2.33 bits per heavy atom. The molecule has 0 bridgehead atoms. The van der Waals surface area contributed by atoms with Crippen molar-refractivity contribution in [3.63, 3.8) is 0 Å². The van der Waals surface area contributed by atoms with E-state index in [1.807, 2.05) is 0 Å². The smallest absolute Gasteiger partial charge is 0.340 e. The Kier molecular flexibility index (Phi) is 4.45. The highest BCUT2D eigenvalue weighted by molar-refractivity contribution is 7.82. The summed E-state index contributed by atoms with van der Waals surface area (Å²) >= 11 is 17.3. The minimum absolute atomic E-state index is 0.0705. The Balaban J connectivity index is 2.04. The number of amides is 2. The van der Waals surface area contributed by atoms with Gasteiger partial charge in [-0.2, -0.15) is 0 Å². The minimum atomic E-state index is -0.475.